The summed E-state index contributed by atoms with van der Waals surface area (Å²) in [5.41, 5.74) is 5.66. The molecule has 2 rings (SSSR count). The highest BCUT2D eigenvalue weighted by molar-refractivity contribution is 7.89. The van der Waals surface area contributed by atoms with Crippen molar-refractivity contribution in [2.24, 2.45) is 5.73 Å². The van der Waals surface area contributed by atoms with Gasteiger partial charge in [-0.05, 0) is 38.1 Å². The first-order valence-corrected chi connectivity index (χ1v) is 8.87. The van der Waals surface area contributed by atoms with Crippen molar-refractivity contribution in [2.45, 2.75) is 24.2 Å². The maximum Gasteiger partial charge on any atom is 0.242 e. The van der Waals surface area contributed by atoms with Crippen LogP contribution in [0.2, 0.25) is 0 Å². The summed E-state index contributed by atoms with van der Waals surface area (Å²) in [6, 6.07) is 3.02. The molecule has 0 aromatic carbocycles. The van der Waals surface area contributed by atoms with Gasteiger partial charge in [-0.15, -0.1) is 0 Å². The third kappa shape index (κ3) is 4.44. The summed E-state index contributed by atoms with van der Waals surface area (Å²) in [6.07, 6.45) is 5.10. The van der Waals surface area contributed by atoms with Crippen molar-refractivity contribution in [3.8, 4) is 0 Å². The number of aromatic nitrogens is 1. The van der Waals surface area contributed by atoms with Crippen molar-refractivity contribution in [3.63, 3.8) is 0 Å². The van der Waals surface area contributed by atoms with Gasteiger partial charge in [0.15, 0.2) is 0 Å². The zero-order valence-corrected chi connectivity index (χ0v) is 13.4. The van der Waals surface area contributed by atoms with Crippen LogP contribution in [0.1, 0.15) is 25.0 Å². The summed E-state index contributed by atoms with van der Waals surface area (Å²) >= 11 is 4.85. The lowest BCUT2D eigenvalue weighted by atomic mass is 10.1. The smallest absolute Gasteiger partial charge is 0.242 e. The monoisotopic (exact) mass is 328 g/mol. The topological polar surface area (TPSA) is 88.3 Å². The molecule has 8 heteroatoms. The highest BCUT2D eigenvalue weighted by Crippen LogP contribution is 2.13. The summed E-state index contributed by atoms with van der Waals surface area (Å²) in [5, 5.41) is 0. The molecule has 0 spiro atoms. The van der Waals surface area contributed by atoms with Gasteiger partial charge in [-0.25, -0.2) is 13.1 Å². The number of thiocarbonyl (C=S) groups is 1. The second kappa shape index (κ2) is 7.26. The Morgan fingerprint density at radius 3 is 2.76 bits per heavy atom. The number of nitrogens with zero attached hydrogens (tertiary/aromatic N) is 2. The van der Waals surface area contributed by atoms with Crippen molar-refractivity contribution >= 4 is 27.2 Å². The summed E-state index contributed by atoms with van der Waals surface area (Å²) in [5.74, 6) is 0. The molecule has 0 saturated carbocycles. The van der Waals surface area contributed by atoms with E-state index in [1.54, 1.807) is 6.07 Å². The molecule has 1 aromatic heterocycles. The molecule has 21 heavy (non-hydrogen) atoms. The summed E-state index contributed by atoms with van der Waals surface area (Å²) < 4.78 is 27.2. The average Bonchev–Trinajstić information content (AvgIpc) is 2.48. The van der Waals surface area contributed by atoms with Crippen LogP contribution in [0.15, 0.2) is 23.2 Å². The Balaban J connectivity index is 2.00. The third-order valence-corrected chi connectivity index (χ3v) is 5.15. The Hall–Kier alpha value is -1.09. The summed E-state index contributed by atoms with van der Waals surface area (Å²) in [6.45, 7) is 3.15. The number of piperidine rings is 1. The Morgan fingerprint density at radius 1 is 1.38 bits per heavy atom. The Morgan fingerprint density at radius 2 is 2.10 bits per heavy atom. The third-order valence-electron chi connectivity index (χ3n) is 3.46. The molecule has 1 fully saturated rings. The predicted octanol–water partition coefficient (Wildman–Crippen LogP) is 0.480. The molecule has 2 heterocycles. The van der Waals surface area contributed by atoms with E-state index in [9.17, 15) is 8.42 Å². The first kappa shape index (κ1) is 16.3. The van der Waals surface area contributed by atoms with Crippen molar-refractivity contribution in [3.05, 3.63) is 24.0 Å². The second-order valence-corrected chi connectivity index (χ2v) is 7.19. The van der Waals surface area contributed by atoms with Crippen LogP contribution in [-0.2, 0) is 10.0 Å². The van der Waals surface area contributed by atoms with Gasteiger partial charge in [-0.1, -0.05) is 18.6 Å². The quantitative estimate of drug-likeness (QED) is 0.739. The fourth-order valence-electron chi connectivity index (χ4n) is 2.39. The molecule has 0 radical (unpaired) electrons. The molecular formula is C13H20N4O2S2. The molecule has 0 atom stereocenters. The van der Waals surface area contributed by atoms with E-state index in [-0.39, 0.29) is 15.6 Å². The van der Waals surface area contributed by atoms with E-state index in [2.05, 4.69) is 14.6 Å². The number of nitrogens with two attached hydrogens (primary N) is 1. The van der Waals surface area contributed by atoms with Crippen LogP contribution in [-0.4, -0.2) is 49.5 Å². The largest absolute Gasteiger partial charge is 0.388 e. The van der Waals surface area contributed by atoms with Gasteiger partial charge in [0.05, 0.1) is 0 Å². The first-order chi connectivity index (χ1) is 10.0. The second-order valence-electron chi connectivity index (χ2n) is 5.01. The number of hydrogen-bond acceptors (Lipinski definition) is 5. The van der Waals surface area contributed by atoms with Crippen LogP contribution >= 0.6 is 12.2 Å². The minimum absolute atomic E-state index is 0.0213. The van der Waals surface area contributed by atoms with Crippen LogP contribution in [0.5, 0.6) is 0 Å². The van der Waals surface area contributed by atoms with Gasteiger partial charge in [0.2, 0.25) is 10.0 Å². The number of hydrogen-bond donors (Lipinski definition) is 2. The lowest BCUT2D eigenvalue weighted by molar-refractivity contribution is 0.233. The van der Waals surface area contributed by atoms with Crippen molar-refractivity contribution in [1.29, 1.82) is 0 Å². The summed E-state index contributed by atoms with van der Waals surface area (Å²) in [4.78, 5) is 6.23. The SMILES string of the molecule is NC(=S)c1ncccc1S(=O)(=O)NCCN1CCCCC1. The van der Waals surface area contributed by atoms with Crippen LogP contribution < -0.4 is 10.5 Å². The minimum atomic E-state index is -3.64. The number of sulfonamides is 1. The Bertz CT molecular complexity index is 598. The van der Waals surface area contributed by atoms with Gasteiger partial charge in [0.25, 0.3) is 0 Å². The van der Waals surface area contributed by atoms with Crippen LogP contribution in [0.25, 0.3) is 0 Å². The predicted molar refractivity (Wildman–Crippen MR) is 85.6 cm³/mol. The number of nitrogens with one attached hydrogen (secondary N) is 1. The fraction of sp³-hybridized carbons (Fsp3) is 0.538. The zero-order chi connectivity index (χ0) is 15.3. The van der Waals surface area contributed by atoms with E-state index < -0.39 is 10.0 Å². The van der Waals surface area contributed by atoms with Gasteiger partial charge in [-0.2, -0.15) is 0 Å². The molecule has 0 bridgehead atoms. The highest BCUT2D eigenvalue weighted by atomic mass is 32.2. The molecule has 1 aliphatic heterocycles. The zero-order valence-electron chi connectivity index (χ0n) is 11.8. The lowest BCUT2D eigenvalue weighted by Crippen LogP contribution is -2.38. The van der Waals surface area contributed by atoms with E-state index >= 15 is 0 Å². The molecular weight excluding hydrogens is 308 g/mol. The number of rotatable bonds is 6. The highest BCUT2D eigenvalue weighted by Gasteiger charge is 2.20. The molecule has 116 valence electrons. The average molecular weight is 328 g/mol. The molecule has 0 amide bonds. The van der Waals surface area contributed by atoms with Crippen molar-refractivity contribution < 1.29 is 8.42 Å². The Kier molecular flexibility index (Phi) is 5.63. The molecule has 1 aliphatic rings. The molecule has 0 aliphatic carbocycles. The Labute approximate surface area is 130 Å². The van der Waals surface area contributed by atoms with E-state index in [4.69, 9.17) is 18.0 Å². The van der Waals surface area contributed by atoms with Crippen LogP contribution in [0, 0.1) is 0 Å². The summed E-state index contributed by atoms with van der Waals surface area (Å²) in [7, 11) is -3.64. The maximum atomic E-state index is 12.3. The molecule has 6 nitrogen and oxygen atoms in total. The molecule has 1 aromatic rings. The van der Waals surface area contributed by atoms with Gasteiger partial charge >= 0.3 is 0 Å². The van der Waals surface area contributed by atoms with Crippen LogP contribution in [0.3, 0.4) is 0 Å². The van der Waals surface area contributed by atoms with E-state index in [1.165, 1.54) is 31.5 Å². The molecule has 1 saturated heterocycles. The van der Waals surface area contributed by atoms with E-state index in [0.717, 1.165) is 13.1 Å². The molecule has 3 N–H and O–H groups in total. The minimum Gasteiger partial charge on any atom is -0.388 e. The number of pyridine rings is 1. The first-order valence-electron chi connectivity index (χ1n) is 6.97. The fourth-order valence-corrected chi connectivity index (χ4v) is 3.81. The van der Waals surface area contributed by atoms with Gasteiger partial charge in [0, 0.05) is 19.3 Å². The standard InChI is InChI=1S/C13H20N4O2S2/c14-13(20)12-11(5-4-6-15-12)21(18,19)16-7-10-17-8-2-1-3-9-17/h4-6,16H,1-3,7-10H2,(H2,14,20). The van der Waals surface area contributed by atoms with Crippen molar-refractivity contribution in [1.82, 2.24) is 14.6 Å². The van der Waals surface area contributed by atoms with Gasteiger partial charge in [-0.3, -0.25) is 4.98 Å². The maximum absolute atomic E-state index is 12.3. The van der Waals surface area contributed by atoms with E-state index in [0.29, 0.717) is 13.1 Å². The lowest BCUT2D eigenvalue weighted by Gasteiger charge is -2.26. The van der Waals surface area contributed by atoms with E-state index in [1.807, 2.05) is 0 Å². The van der Waals surface area contributed by atoms with Crippen LogP contribution in [0.4, 0.5) is 0 Å². The van der Waals surface area contributed by atoms with Gasteiger partial charge in [0.1, 0.15) is 15.6 Å². The molecule has 0 unspecified atom stereocenters. The normalized spacial score (nSPS) is 16.8. The van der Waals surface area contributed by atoms with Gasteiger partial charge < -0.3 is 10.6 Å². The number of likely N-dealkylation sites (tertiary alicyclic amines) is 1. The van der Waals surface area contributed by atoms with Crippen molar-refractivity contribution in [2.75, 3.05) is 26.2 Å².